The molecule has 0 spiro atoms. The minimum absolute atomic E-state index is 0.174. The Balaban J connectivity index is 0.000000472. The van der Waals surface area contributed by atoms with Crippen LogP contribution in [0.2, 0.25) is 0 Å². The van der Waals surface area contributed by atoms with Crippen molar-refractivity contribution in [1.82, 2.24) is 5.32 Å². The normalized spacial score (nSPS) is 11.2. The number of carboxylic acids is 1. The zero-order valence-electron chi connectivity index (χ0n) is 15.8. The highest BCUT2D eigenvalue weighted by molar-refractivity contribution is 5.80. The van der Waals surface area contributed by atoms with Crippen molar-refractivity contribution in [3.63, 3.8) is 0 Å². The fourth-order valence-electron chi connectivity index (χ4n) is 1.80. The van der Waals surface area contributed by atoms with Gasteiger partial charge in [0, 0.05) is 12.2 Å². The molecule has 1 atom stereocenters. The highest BCUT2D eigenvalue weighted by Gasteiger charge is 2.24. The molecule has 0 saturated carbocycles. The summed E-state index contributed by atoms with van der Waals surface area (Å²) in [6.07, 6.45) is -0.947. The number of carbonyl (C=O) groups is 2. The van der Waals surface area contributed by atoms with E-state index in [1.54, 1.807) is 34.8 Å². The van der Waals surface area contributed by atoms with E-state index in [9.17, 15) is 9.59 Å². The summed E-state index contributed by atoms with van der Waals surface area (Å²) in [5.74, 6) is -0.334. The molecular weight excluding hydrogens is 324 g/mol. The van der Waals surface area contributed by atoms with E-state index >= 15 is 0 Å². The number of anilines is 1. The number of hydrogen-bond donors (Lipinski definition) is 3. The minimum Gasteiger partial charge on any atom is -0.497 e. The van der Waals surface area contributed by atoms with Crippen LogP contribution in [0.25, 0.3) is 0 Å². The number of ether oxygens (including phenoxy) is 2. The van der Waals surface area contributed by atoms with Crippen molar-refractivity contribution in [3.05, 3.63) is 24.3 Å². The van der Waals surface area contributed by atoms with Crippen LogP contribution in [-0.4, -0.2) is 43.0 Å². The van der Waals surface area contributed by atoms with Gasteiger partial charge >= 0.3 is 12.1 Å². The van der Waals surface area contributed by atoms with E-state index in [0.29, 0.717) is 0 Å². The Bertz CT molecular complexity index is 515. The van der Waals surface area contributed by atoms with E-state index in [2.05, 4.69) is 17.6 Å². The Morgan fingerprint density at radius 2 is 1.68 bits per heavy atom. The average Bonchev–Trinajstić information content (AvgIpc) is 2.53. The van der Waals surface area contributed by atoms with Crippen molar-refractivity contribution in [2.75, 3.05) is 19.0 Å². The summed E-state index contributed by atoms with van der Waals surface area (Å²) in [6, 6.07) is 6.99. The number of carbonyl (C=O) groups excluding carboxylic acids is 1. The second-order valence-corrected chi connectivity index (χ2v) is 5.92. The largest absolute Gasteiger partial charge is 0.497 e. The first-order valence-corrected chi connectivity index (χ1v) is 8.29. The second-order valence-electron chi connectivity index (χ2n) is 5.92. The topological polar surface area (TPSA) is 96.9 Å². The number of carboxylic acid groups (broad SMARTS) is 1. The van der Waals surface area contributed by atoms with Crippen LogP contribution in [0.15, 0.2) is 24.3 Å². The van der Waals surface area contributed by atoms with Crippen LogP contribution in [0, 0.1) is 5.92 Å². The summed E-state index contributed by atoms with van der Waals surface area (Å²) < 4.78 is 9.79. The van der Waals surface area contributed by atoms with Crippen LogP contribution in [0.1, 0.15) is 34.6 Å². The highest BCUT2D eigenvalue weighted by atomic mass is 16.6. The number of alkyl carbamates (subject to hydrolysis) is 1. The molecule has 0 aromatic heterocycles. The van der Waals surface area contributed by atoms with Crippen molar-refractivity contribution in [2.45, 2.75) is 46.8 Å². The fourth-order valence-corrected chi connectivity index (χ4v) is 1.80. The molecule has 1 amide bonds. The Hall–Kier alpha value is -2.44. The summed E-state index contributed by atoms with van der Waals surface area (Å²) in [4.78, 5) is 21.8. The third-order valence-electron chi connectivity index (χ3n) is 3.02. The fraction of sp³-hybridized carbons (Fsp3) is 0.556. The molecule has 0 heterocycles. The molecule has 1 rings (SSSR count). The van der Waals surface area contributed by atoms with Gasteiger partial charge in [-0.2, -0.15) is 0 Å². The average molecular weight is 354 g/mol. The Morgan fingerprint density at radius 3 is 2.04 bits per heavy atom. The van der Waals surface area contributed by atoms with Gasteiger partial charge in [-0.25, -0.2) is 9.59 Å². The molecule has 0 aliphatic rings. The number of nitrogens with one attached hydrogen (secondary N) is 2. The van der Waals surface area contributed by atoms with Crippen molar-refractivity contribution < 1.29 is 24.2 Å². The molecule has 3 N–H and O–H groups in total. The number of aliphatic carboxylic acids is 1. The first-order chi connectivity index (χ1) is 11.7. The lowest BCUT2D eigenvalue weighted by Crippen LogP contribution is -2.45. The minimum atomic E-state index is -1.05. The summed E-state index contributed by atoms with van der Waals surface area (Å²) >= 11 is 0. The maximum absolute atomic E-state index is 11.1. The molecule has 142 valence electrons. The number of amides is 1. The zero-order valence-corrected chi connectivity index (χ0v) is 15.8. The number of rotatable bonds is 7. The van der Waals surface area contributed by atoms with Gasteiger partial charge < -0.3 is 25.2 Å². The van der Waals surface area contributed by atoms with Crippen molar-refractivity contribution in [1.29, 1.82) is 0 Å². The maximum Gasteiger partial charge on any atom is 0.408 e. The predicted octanol–water partition coefficient (Wildman–Crippen LogP) is 3.36. The molecule has 0 aliphatic carbocycles. The quantitative estimate of drug-likeness (QED) is 0.695. The summed E-state index contributed by atoms with van der Waals surface area (Å²) in [5, 5.41) is 14.2. The van der Waals surface area contributed by atoms with Gasteiger partial charge in [-0.3, -0.25) is 0 Å². The lowest BCUT2D eigenvalue weighted by Gasteiger charge is -2.18. The standard InChI is InChI=1S/C9H17NO4.C9H13NO/c1-5(2)7(8(11)12)10-9(13)14-6(3)4;1-3-10-8-4-6-9(11-2)7-5-8/h5-7H,1-4H3,(H,10,13)(H,11,12);4-7,10H,3H2,1-2H3/t7-;/m0./s1. The van der Waals surface area contributed by atoms with Gasteiger partial charge in [-0.1, -0.05) is 13.8 Å². The monoisotopic (exact) mass is 354 g/mol. The van der Waals surface area contributed by atoms with Crippen LogP contribution in [-0.2, 0) is 9.53 Å². The van der Waals surface area contributed by atoms with E-state index in [1.807, 2.05) is 24.3 Å². The van der Waals surface area contributed by atoms with E-state index in [4.69, 9.17) is 14.6 Å². The highest BCUT2D eigenvalue weighted by Crippen LogP contribution is 2.14. The Labute approximate surface area is 149 Å². The smallest absolute Gasteiger partial charge is 0.408 e. The number of hydrogen-bond acceptors (Lipinski definition) is 5. The molecule has 7 nitrogen and oxygen atoms in total. The van der Waals surface area contributed by atoms with Crippen molar-refractivity contribution in [2.24, 2.45) is 5.92 Å². The molecule has 1 aromatic rings. The molecule has 0 bridgehead atoms. The van der Waals surface area contributed by atoms with E-state index in [0.717, 1.165) is 18.0 Å². The van der Waals surface area contributed by atoms with E-state index < -0.39 is 18.1 Å². The Morgan fingerprint density at radius 1 is 1.12 bits per heavy atom. The summed E-state index contributed by atoms with van der Waals surface area (Å²) in [5.41, 5.74) is 1.13. The summed E-state index contributed by atoms with van der Waals surface area (Å²) in [7, 11) is 1.67. The zero-order chi connectivity index (χ0) is 19.4. The SMILES string of the molecule is CC(C)OC(=O)N[C@H](C(=O)O)C(C)C.CCNc1ccc(OC)cc1. The van der Waals surface area contributed by atoms with Crippen LogP contribution < -0.4 is 15.4 Å². The van der Waals surface area contributed by atoms with Gasteiger partial charge in [0.05, 0.1) is 13.2 Å². The van der Waals surface area contributed by atoms with Crippen LogP contribution in [0.3, 0.4) is 0 Å². The van der Waals surface area contributed by atoms with Gasteiger partial charge in [0.15, 0.2) is 0 Å². The maximum atomic E-state index is 11.1. The van der Waals surface area contributed by atoms with Crippen LogP contribution >= 0.6 is 0 Å². The first kappa shape index (κ1) is 22.6. The van der Waals surface area contributed by atoms with Crippen molar-refractivity contribution in [3.8, 4) is 5.75 Å². The van der Waals surface area contributed by atoms with Crippen LogP contribution in [0.5, 0.6) is 5.75 Å². The summed E-state index contributed by atoms with van der Waals surface area (Å²) in [6.45, 7) is 9.86. The second kappa shape index (κ2) is 12.0. The molecule has 0 saturated heterocycles. The molecule has 1 aromatic carbocycles. The predicted molar refractivity (Wildman–Crippen MR) is 98.2 cm³/mol. The van der Waals surface area contributed by atoms with E-state index in [-0.39, 0.29) is 12.0 Å². The van der Waals surface area contributed by atoms with E-state index in [1.165, 1.54) is 0 Å². The molecule has 0 aliphatic heterocycles. The molecule has 0 fully saturated rings. The third-order valence-corrected chi connectivity index (χ3v) is 3.02. The molecule has 0 unspecified atom stereocenters. The van der Waals surface area contributed by atoms with Gasteiger partial charge in [0.1, 0.15) is 11.8 Å². The Kier molecular flexibility index (Phi) is 10.8. The lowest BCUT2D eigenvalue weighted by atomic mass is 10.1. The van der Waals surface area contributed by atoms with Gasteiger partial charge in [0.2, 0.25) is 0 Å². The van der Waals surface area contributed by atoms with Gasteiger partial charge in [0.25, 0.3) is 0 Å². The lowest BCUT2D eigenvalue weighted by molar-refractivity contribution is -0.140. The third kappa shape index (κ3) is 10.1. The molecule has 0 radical (unpaired) electrons. The van der Waals surface area contributed by atoms with Gasteiger partial charge in [-0.05, 0) is 51.0 Å². The van der Waals surface area contributed by atoms with Crippen molar-refractivity contribution >= 4 is 17.7 Å². The number of methoxy groups -OCH3 is 1. The van der Waals surface area contributed by atoms with Crippen LogP contribution in [0.4, 0.5) is 10.5 Å². The number of benzene rings is 1. The van der Waals surface area contributed by atoms with Gasteiger partial charge in [-0.15, -0.1) is 0 Å². The first-order valence-electron chi connectivity index (χ1n) is 8.29. The molecular formula is C18H30N2O5. The molecule has 25 heavy (non-hydrogen) atoms. The molecule has 7 heteroatoms.